The summed E-state index contributed by atoms with van der Waals surface area (Å²) in [4.78, 5) is 12.3. The van der Waals surface area contributed by atoms with Crippen molar-refractivity contribution in [2.45, 2.75) is 6.42 Å². The second kappa shape index (κ2) is 8.11. The van der Waals surface area contributed by atoms with Crippen LogP contribution in [0.4, 0.5) is 0 Å². The summed E-state index contributed by atoms with van der Waals surface area (Å²) in [5.74, 6) is 1.81. The van der Waals surface area contributed by atoms with Crippen LogP contribution in [-0.4, -0.2) is 35.7 Å². The minimum absolute atomic E-state index is 0.0153. The van der Waals surface area contributed by atoms with Crippen molar-refractivity contribution in [3.63, 3.8) is 0 Å². The summed E-state index contributed by atoms with van der Waals surface area (Å²) in [6.07, 6.45) is 0.816. The van der Waals surface area contributed by atoms with Crippen LogP contribution in [0, 0.1) is 0 Å². The maximum Gasteiger partial charge on any atom is 0.261 e. The van der Waals surface area contributed by atoms with Gasteiger partial charge in [0.25, 0.3) is 5.91 Å². The fourth-order valence-electron chi connectivity index (χ4n) is 1.03. The molecule has 2 N–H and O–H groups in total. The van der Waals surface area contributed by atoms with Crippen molar-refractivity contribution in [1.29, 1.82) is 0 Å². The van der Waals surface area contributed by atoms with Gasteiger partial charge in [-0.25, -0.2) is 0 Å². The smallest absolute Gasteiger partial charge is 0.261 e. The number of rotatable bonds is 7. The molecule has 0 aromatic carbocycles. The topological polar surface area (TPSA) is 49.3 Å². The van der Waals surface area contributed by atoms with E-state index in [2.05, 4.69) is 21.2 Å². The van der Waals surface area contributed by atoms with Crippen molar-refractivity contribution >= 4 is 44.9 Å². The minimum Gasteiger partial charge on any atom is -0.396 e. The van der Waals surface area contributed by atoms with Crippen LogP contribution in [0.3, 0.4) is 0 Å². The van der Waals surface area contributed by atoms with Crippen LogP contribution in [0.25, 0.3) is 0 Å². The van der Waals surface area contributed by atoms with Crippen molar-refractivity contribution in [2.24, 2.45) is 0 Å². The average molecular weight is 324 g/mol. The van der Waals surface area contributed by atoms with Gasteiger partial charge < -0.3 is 10.4 Å². The minimum atomic E-state index is -0.0153. The molecular weight excluding hydrogens is 310 g/mol. The van der Waals surface area contributed by atoms with Gasteiger partial charge >= 0.3 is 0 Å². The van der Waals surface area contributed by atoms with Gasteiger partial charge in [0.15, 0.2) is 0 Å². The van der Waals surface area contributed by atoms with Crippen LogP contribution in [0.1, 0.15) is 16.1 Å². The van der Waals surface area contributed by atoms with E-state index >= 15 is 0 Å². The van der Waals surface area contributed by atoms with Crippen molar-refractivity contribution in [2.75, 3.05) is 24.7 Å². The van der Waals surface area contributed by atoms with Crippen molar-refractivity contribution in [1.82, 2.24) is 5.32 Å². The molecule has 6 heteroatoms. The van der Waals surface area contributed by atoms with Gasteiger partial charge in [-0.1, -0.05) is 0 Å². The number of carbonyl (C=O) groups excluding carboxylic acids is 1. The van der Waals surface area contributed by atoms with Crippen LogP contribution in [0.5, 0.6) is 0 Å². The summed E-state index contributed by atoms with van der Waals surface area (Å²) >= 11 is 6.49. The molecule has 1 aromatic rings. The molecule has 1 amide bonds. The molecule has 0 saturated heterocycles. The summed E-state index contributed by atoms with van der Waals surface area (Å²) in [6, 6.07) is 3.68. The quantitative estimate of drug-likeness (QED) is 0.757. The van der Waals surface area contributed by atoms with Crippen molar-refractivity contribution in [3.8, 4) is 0 Å². The Morgan fingerprint density at radius 2 is 2.31 bits per heavy atom. The maximum atomic E-state index is 11.6. The van der Waals surface area contributed by atoms with Gasteiger partial charge in [0, 0.05) is 18.9 Å². The first kappa shape index (κ1) is 14.0. The van der Waals surface area contributed by atoms with Crippen LogP contribution < -0.4 is 5.32 Å². The van der Waals surface area contributed by atoms with Gasteiger partial charge in [0.1, 0.15) is 0 Å². The zero-order valence-electron chi connectivity index (χ0n) is 8.74. The van der Waals surface area contributed by atoms with Gasteiger partial charge in [-0.05, 0) is 40.2 Å². The van der Waals surface area contributed by atoms with Gasteiger partial charge in [0.2, 0.25) is 0 Å². The first-order chi connectivity index (χ1) is 7.74. The molecule has 0 bridgehead atoms. The Labute approximate surface area is 112 Å². The number of halogens is 1. The highest BCUT2D eigenvalue weighted by atomic mass is 79.9. The third-order valence-corrected chi connectivity index (χ3v) is 4.47. The molecule has 90 valence electrons. The van der Waals surface area contributed by atoms with Crippen LogP contribution >= 0.6 is 39.0 Å². The maximum absolute atomic E-state index is 11.6. The standard InChI is InChI=1S/C10H14BrNO2S2/c11-9-3-2-8(16-9)10(14)12-4-7-15-6-1-5-13/h2-3,13H,1,4-7H2,(H,12,14). The predicted octanol–water partition coefficient (Wildman–Crippen LogP) is 2.36. The molecule has 0 fully saturated rings. The number of aliphatic hydroxyl groups is 1. The number of hydrogen-bond acceptors (Lipinski definition) is 4. The summed E-state index contributed by atoms with van der Waals surface area (Å²) < 4.78 is 0.968. The number of thioether (sulfide) groups is 1. The predicted molar refractivity (Wildman–Crippen MR) is 73.4 cm³/mol. The lowest BCUT2D eigenvalue weighted by Gasteiger charge is -2.02. The van der Waals surface area contributed by atoms with Gasteiger partial charge in [-0.2, -0.15) is 11.8 Å². The third kappa shape index (κ3) is 5.34. The fraction of sp³-hybridized carbons (Fsp3) is 0.500. The molecule has 3 nitrogen and oxygen atoms in total. The van der Waals surface area contributed by atoms with Crippen LogP contribution in [0.2, 0.25) is 0 Å². The first-order valence-corrected chi connectivity index (χ1v) is 7.72. The van der Waals surface area contributed by atoms with Crippen molar-refractivity contribution in [3.05, 3.63) is 20.8 Å². The van der Waals surface area contributed by atoms with E-state index < -0.39 is 0 Å². The number of carbonyl (C=O) groups is 1. The number of thiophene rings is 1. The van der Waals surface area contributed by atoms with Gasteiger partial charge in [-0.3, -0.25) is 4.79 Å². The highest BCUT2D eigenvalue weighted by Gasteiger charge is 2.06. The molecular formula is C10H14BrNO2S2. The Kier molecular flexibility index (Phi) is 7.11. The van der Waals surface area contributed by atoms with E-state index in [0.717, 1.165) is 26.6 Å². The molecule has 0 atom stereocenters. The highest BCUT2D eigenvalue weighted by molar-refractivity contribution is 9.11. The number of amides is 1. The Morgan fingerprint density at radius 3 is 2.94 bits per heavy atom. The molecule has 0 aliphatic heterocycles. The van der Waals surface area contributed by atoms with Crippen LogP contribution in [0.15, 0.2) is 15.9 Å². The Hall–Kier alpha value is -0.0400. The second-order valence-electron chi connectivity index (χ2n) is 3.05. The summed E-state index contributed by atoms with van der Waals surface area (Å²) in [7, 11) is 0. The molecule has 0 radical (unpaired) electrons. The number of nitrogens with one attached hydrogen (secondary N) is 1. The number of aliphatic hydroxyl groups excluding tert-OH is 1. The first-order valence-electron chi connectivity index (χ1n) is 4.96. The second-order valence-corrected chi connectivity index (χ2v) is 6.74. The normalized spacial score (nSPS) is 10.4. The lowest BCUT2D eigenvalue weighted by atomic mass is 10.4. The Balaban J connectivity index is 2.11. The van der Waals surface area contributed by atoms with E-state index in [1.54, 1.807) is 11.8 Å². The van der Waals surface area contributed by atoms with E-state index in [1.165, 1.54) is 11.3 Å². The lowest BCUT2D eigenvalue weighted by molar-refractivity contribution is 0.0960. The highest BCUT2D eigenvalue weighted by Crippen LogP contribution is 2.21. The molecule has 0 spiro atoms. The average Bonchev–Trinajstić information content (AvgIpc) is 2.70. The molecule has 1 rings (SSSR count). The third-order valence-electron chi connectivity index (χ3n) is 1.78. The molecule has 16 heavy (non-hydrogen) atoms. The summed E-state index contributed by atoms with van der Waals surface area (Å²) in [5.41, 5.74) is 0. The SMILES string of the molecule is O=C(NCCSCCCO)c1ccc(Br)s1. The molecule has 0 unspecified atom stereocenters. The van der Waals surface area contributed by atoms with E-state index in [9.17, 15) is 4.79 Å². The summed E-state index contributed by atoms with van der Waals surface area (Å²) in [6.45, 7) is 0.910. The molecule has 0 saturated carbocycles. The van der Waals surface area contributed by atoms with Crippen LogP contribution in [-0.2, 0) is 0 Å². The molecule has 1 heterocycles. The zero-order valence-corrected chi connectivity index (χ0v) is 12.0. The van der Waals surface area contributed by atoms with Gasteiger partial charge in [-0.15, -0.1) is 11.3 Å². The monoisotopic (exact) mass is 323 g/mol. The van der Waals surface area contributed by atoms with E-state index in [0.29, 0.717) is 6.54 Å². The van der Waals surface area contributed by atoms with E-state index in [-0.39, 0.29) is 12.5 Å². The zero-order chi connectivity index (χ0) is 11.8. The Bertz CT molecular complexity index is 330. The molecule has 1 aromatic heterocycles. The fourth-order valence-corrected chi connectivity index (χ4v) is 3.12. The lowest BCUT2D eigenvalue weighted by Crippen LogP contribution is -2.24. The molecule has 0 aliphatic rings. The van der Waals surface area contributed by atoms with E-state index in [4.69, 9.17) is 5.11 Å². The number of hydrogen-bond donors (Lipinski definition) is 2. The largest absolute Gasteiger partial charge is 0.396 e. The van der Waals surface area contributed by atoms with Gasteiger partial charge in [0.05, 0.1) is 8.66 Å². The van der Waals surface area contributed by atoms with E-state index in [1.807, 2.05) is 12.1 Å². The Morgan fingerprint density at radius 1 is 1.50 bits per heavy atom. The molecule has 0 aliphatic carbocycles. The summed E-state index contributed by atoms with van der Waals surface area (Å²) in [5, 5.41) is 11.4. The van der Waals surface area contributed by atoms with Crippen molar-refractivity contribution < 1.29 is 9.90 Å².